The van der Waals surface area contributed by atoms with Crippen molar-refractivity contribution in [3.8, 4) is 6.07 Å². The Balaban J connectivity index is 2.20. The average Bonchev–Trinajstić information content (AvgIpc) is 2.55. The minimum absolute atomic E-state index is 0.00833. The van der Waals surface area contributed by atoms with Crippen LogP contribution in [-0.4, -0.2) is 25.5 Å². The van der Waals surface area contributed by atoms with Gasteiger partial charge in [0.1, 0.15) is 6.04 Å². The van der Waals surface area contributed by atoms with Gasteiger partial charge in [0.15, 0.2) is 0 Å². The van der Waals surface area contributed by atoms with E-state index < -0.39 is 22.0 Å². The Kier molecular flexibility index (Phi) is 5.93. The van der Waals surface area contributed by atoms with Gasteiger partial charge < -0.3 is 5.11 Å². The molecule has 0 fully saturated rings. The Morgan fingerprint density at radius 3 is 2.25 bits per heavy atom. The molecule has 6 nitrogen and oxygen atoms in total. The number of nitrogens with one attached hydrogen (secondary N) is 1. The van der Waals surface area contributed by atoms with Crippen LogP contribution >= 0.6 is 22.6 Å². The number of nitrogens with zero attached hydrogens (tertiary/aromatic N) is 1. The quantitative estimate of drug-likeness (QED) is 0.648. The number of carboxylic acid groups (broad SMARTS) is 1. The van der Waals surface area contributed by atoms with Crippen molar-refractivity contribution in [3.63, 3.8) is 0 Å². The van der Waals surface area contributed by atoms with Crippen LogP contribution in [0, 0.1) is 14.9 Å². The van der Waals surface area contributed by atoms with E-state index in [0.29, 0.717) is 11.1 Å². The maximum Gasteiger partial charge on any atom is 0.322 e. The molecule has 0 aliphatic carbocycles. The van der Waals surface area contributed by atoms with Crippen LogP contribution < -0.4 is 4.72 Å². The molecule has 2 N–H and O–H groups in total. The summed E-state index contributed by atoms with van der Waals surface area (Å²) in [6.45, 7) is 0. The fourth-order valence-corrected chi connectivity index (χ4v) is 3.55. The number of nitriles is 1. The second-order valence-electron chi connectivity index (χ2n) is 4.98. The fraction of sp³-hybridized carbons (Fsp3) is 0.125. The van der Waals surface area contributed by atoms with E-state index in [4.69, 9.17) is 5.26 Å². The molecule has 124 valence electrons. The molecule has 0 radical (unpaired) electrons. The van der Waals surface area contributed by atoms with Gasteiger partial charge in [0.2, 0.25) is 10.0 Å². The van der Waals surface area contributed by atoms with E-state index in [9.17, 15) is 18.3 Å². The summed E-state index contributed by atoms with van der Waals surface area (Å²) in [5.74, 6) is -1.27. The summed E-state index contributed by atoms with van der Waals surface area (Å²) in [5.41, 5.74) is 1.07. The van der Waals surface area contributed by atoms with Crippen LogP contribution in [0.5, 0.6) is 0 Å². The van der Waals surface area contributed by atoms with Crippen LogP contribution in [0.3, 0.4) is 0 Å². The number of aliphatic carboxylic acids is 1. The van der Waals surface area contributed by atoms with Crippen molar-refractivity contribution in [1.82, 2.24) is 4.72 Å². The van der Waals surface area contributed by atoms with Crippen LogP contribution in [-0.2, 0) is 21.2 Å². The lowest BCUT2D eigenvalue weighted by atomic mass is 10.1. The van der Waals surface area contributed by atoms with Crippen molar-refractivity contribution in [2.75, 3.05) is 0 Å². The first-order valence-electron chi connectivity index (χ1n) is 6.81. The lowest BCUT2D eigenvalue weighted by Gasteiger charge is -2.15. The van der Waals surface area contributed by atoms with E-state index in [-0.39, 0.29) is 11.3 Å². The Morgan fingerprint density at radius 1 is 1.17 bits per heavy atom. The molecule has 2 aromatic carbocycles. The molecular weight excluding hydrogens is 443 g/mol. The molecule has 0 unspecified atom stereocenters. The molecule has 0 saturated carbocycles. The molecule has 2 aromatic rings. The van der Waals surface area contributed by atoms with E-state index in [2.05, 4.69) is 4.72 Å². The number of hydrogen-bond acceptors (Lipinski definition) is 4. The zero-order valence-electron chi connectivity index (χ0n) is 12.3. The molecule has 0 heterocycles. The highest BCUT2D eigenvalue weighted by Crippen LogP contribution is 2.14. The SMILES string of the molecule is N#Cc1ccc(C[C@H](NS(=O)(=O)c2ccc(I)cc2)C(=O)O)cc1. The van der Waals surface area contributed by atoms with Crippen molar-refractivity contribution in [2.45, 2.75) is 17.4 Å². The predicted molar refractivity (Wildman–Crippen MR) is 95.8 cm³/mol. The molecule has 8 heteroatoms. The minimum Gasteiger partial charge on any atom is -0.480 e. The van der Waals surface area contributed by atoms with Gasteiger partial charge in [-0.2, -0.15) is 9.98 Å². The van der Waals surface area contributed by atoms with Crippen molar-refractivity contribution >= 4 is 38.6 Å². The van der Waals surface area contributed by atoms with Gasteiger partial charge in [0.05, 0.1) is 16.5 Å². The molecule has 0 aromatic heterocycles. The first kappa shape index (κ1) is 18.4. The number of benzene rings is 2. The second kappa shape index (κ2) is 7.74. The highest BCUT2D eigenvalue weighted by atomic mass is 127. The summed E-state index contributed by atoms with van der Waals surface area (Å²) >= 11 is 2.05. The van der Waals surface area contributed by atoms with Gasteiger partial charge in [-0.3, -0.25) is 4.79 Å². The summed E-state index contributed by atoms with van der Waals surface area (Å²) in [6.07, 6.45) is -0.0232. The minimum atomic E-state index is -3.94. The average molecular weight is 456 g/mol. The lowest BCUT2D eigenvalue weighted by Crippen LogP contribution is -2.42. The number of carbonyl (C=O) groups is 1. The largest absolute Gasteiger partial charge is 0.480 e. The van der Waals surface area contributed by atoms with Gasteiger partial charge in [0, 0.05) is 3.57 Å². The van der Waals surface area contributed by atoms with Gasteiger partial charge in [-0.1, -0.05) is 12.1 Å². The Morgan fingerprint density at radius 2 is 1.75 bits per heavy atom. The Labute approximate surface area is 153 Å². The van der Waals surface area contributed by atoms with Gasteiger partial charge >= 0.3 is 5.97 Å². The Bertz CT molecular complexity index is 872. The van der Waals surface area contributed by atoms with Crippen LogP contribution in [0.25, 0.3) is 0 Å². The first-order chi connectivity index (χ1) is 11.3. The third-order valence-corrected chi connectivity index (χ3v) is 5.45. The molecule has 0 bridgehead atoms. The maximum atomic E-state index is 12.3. The molecule has 0 spiro atoms. The number of rotatable bonds is 6. The third-order valence-electron chi connectivity index (χ3n) is 3.24. The summed E-state index contributed by atoms with van der Waals surface area (Å²) in [4.78, 5) is 11.4. The third kappa shape index (κ3) is 4.77. The van der Waals surface area contributed by atoms with E-state index >= 15 is 0 Å². The first-order valence-corrected chi connectivity index (χ1v) is 9.38. The predicted octanol–water partition coefficient (Wildman–Crippen LogP) is 2.14. The van der Waals surface area contributed by atoms with Gasteiger partial charge in [-0.25, -0.2) is 8.42 Å². The summed E-state index contributed by atoms with van der Waals surface area (Å²) in [7, 11) is -3.94. The van der Waals surface area contributed by atoms with Gasteiger partial charge in [-0.05, 0) is 71.0 Å². The Hall–Kier alpha value is -1.96. The molecule has 0 aliphatic rings. The standard InChI is InChI=1S/C16H13IN2O4S/c17-13-5-7-14(8-6-13)24(22,23)19-15(16(20)21)9-11-1-3-12(10-18)4-2-11/h1-8,15,19H,9H2,(H,20,21)/t15-/m0/s1. The summed E-state index contributed by atoms with van der Waals surface area (Å²) < 4.78 is 27.7. The molecule has 0 amide bonds. The zero-order valence-corrected chi connectivity index (χ0v) is 15.3. The number of carboxylic acids is 1. The summed E-state index contributed by atoms with van der Waals surface area (Å²) in [6, 6.07) is 13.1. The highest BCUT2D eigenvalue weighted by Gasteiger charge is 2.25. The molecule has 24 heavy (non-hydrogen) atoms. The van der Waals surface area contributed by atoms with Gasteiger partial charge in [-0.15, -0.1) is 0 Å². The van der Waals surface area contributed by atoms with Crippen LogP contribution in [0.4, 0.5) is 0 Å². The van der Waals surface area contributed by atoms with E-state index in [0.717, 1.165) is 3.57 Å². The highest BCUT2D eigenvalue weighted by molar-refractivity contribution is 14.1. The van der Waals surface area contributed by atoms with Crippen molar-refractivity contribution in [2.24, 2.45) is 0 Å². The molecule has 1 atom stereocenters. The smallest absolute Gasteiger partial charge is 0.322 e. The number of hydrogen-bond donors (Lipinski definition) is 2. The zero-order chi connectivity index (χ0) is 17.7. The van der Waals surface area contributed by atoms with Gasteiger partial charge in [0.25, 0.3) is 0 Å². The van der Waals surface area contributed by atoms with E-state index in [1.807, 2.05) is 28.7 Å². The van der Waals surface area contributed by atoms with Crippen LogP contribution in [0.15, 0.2) is 53.4 Å². The molecule has 0 saturated heterocycles. The molecule has 2 rings (SSSR count). The number of halogens is 1. The van der Waals surface area contributed by atoms with E-state index in [1.165, 1.54) is 12.1 Å². The van der Waals surface area contributed by atoms with E-state index in [1.54, 1.807) is 36.4 Å². The molecule has 0 aliphatic heterocycles. The second-order valence-corrected chi connectivity index (χ2v) is 7.94. The fourth-order valence-electron chi connectivity index (χ4n) is 2.00. The number of sulfonamides is 1. The maximum absolute atomic E-state index is 12.3. The van der Waals surface area contributed by atoms with Crippen molar-refractivity contribution < 1.29 is 18.3 Å². The normalized spacial score (nSPS) is 12.3. The monoisotopic (exact) mass is 456 g/mol. The lowest BCUT2D eigenvalue weighted by molar-refractivity contribution is -0.138. The van der Waals surface area contributed by atoms with Crippen molar-refractivity contribution in [1.29, 1.82) is 5.26 Å². The van der Waals surface area contributed by atoms with Crippen LogP contribution in [0.2, 0.25) is 0 Å². The molecular formula is C16H13IN2O4S. The van der Waals surface area contributed by atoms with Crippen molar-refractivity contribution in [3.05, 3.63) is 63.2 Å². The van der Waals surface area contributed by atoms with Crippen LogP contribution in [0.1, 0.15) is 11.1 Å². The summed E-state index contributed by atoms with van der Waals surface area (Å²) in [5, 5.41) is 18.1. The topological polar surface area (TPSA) is 107 Å².